The van der Waals surface area contributed by atoms with Gasteiger partial charge in [-0.25, -0.2) is 0 Å². The van der Waals surface area contributed by atoms with Crippen molar-refractivity contribution in [1.29, 1.82) is 5.26 Å². The zero-order valence-electron chi connectivity index (χ0n) is 24.9. The van der Waals surface area contributed by atoms with E-state index in [1.165, 1.54) is 19.0 Å². The molecule has 2 aromatic rings. The Morgan fingerprint density at radius 3 is 2.18 bits per heavy atom. The molecule has 0 spiro atoms. The van der Waals surface area contributed by atoms with E-state index in [9.17, 15) is 34.3 Å². The lowest BCUT2D eigenvalue weighted by molar-refractivity contribution is -0.166. The highest BCUT2D eigenvalue weighted by atomic mass is 16.3. The van der Waals surface area contributed by atoms with Crippen molar-refractivity contribution in [2.24, 2.45) is 40.2 Å². The third kappa shape index (κ3) is 3.82. The Bertz CT molecular complexity index is 1700. The molecule has 0 aromatic heterocycles. The number of hydrogen-bond acceptors (Lipinski definition) is 12. The number of carbonyl (C=O) groups excluding carboxylic acids is 5. The number of hydrogen-bond donors (Lipinski definition) is 5. The molecule has 3 aliphatic rings. The van der Waals surface area contributed by atoms with E-state index in [1.54, 1.807) is 12.1 Å². The Hall–Kier alpha value is -4.48. The molecule has 44 heavy (non-hydrogen) atoms. The highest BCUT2D eigenvalue weighted by Crippen LogP contribution is 2.57. The summed E-state index contributed by atoms with van der Waals surface area (Å²) >= 11 is 0. The molecular weight excluding hydrogens is 566 g/mol. The molecule has 2 saturated carbocycles. The van der Waals surface area contributed by atoms with Crippen LogP contribution in [0.2, 0.25) is 0 Å². The average Bonchev–Trinajstić information content (AvgIpc) is 2.92. The number of benzene rings is 2. The van der Waals surface area contributed by atoms with Gasteiger partial charge in [0.15, 0.2) is 34.5 Å². The van der Waals surface area contributed by atoms with Crippen LogP contribution in [0.3, 0.4) is 0 Å². The van der Waals surface area contributed by atoms with Crippen molar-refractivity contribution in [3.63, 3.8) is 0 Å². The number of rotatable bonds is 5. The lowest BCUT2D eigenvalue weighted by Crippen LogP contribution is -2.85. The van der Waals surface area contributed by atoms with Crippen LogP contribution in [0.25, 0.3) is 11.1 Å². The summed E-state index contributed by atoms with van der Waals surface area (Å²) in [6.07, 6.45) is -0.657. The maximum atomic E-state index is 14.5. The molecule has 230 valence electrons. The van der Waals surface area contributed by atoms with Gasteiger partial charge in [0, 0.05) is 37.4 Å². The quantitative estimate of drug-likeness (QED) is 0.259. The molecule has 0 heterocycles. The number of Topliss-reactive ketones (excluding diaryl/α,β-unsaturated/α-hetero) is 4. The smallest absolute Gasteiger partial charge is 0.235 e. The normalized spacial score (nSPS) is 31.2. The standard InChI is InChI=1S/C31H35N7O6/c1-37(2)16-7-5-14(6-8-16)17-9-15(11-32)22(39)19-18(17)10-29(35)12-31(36)25(38(3)4)24(41)20(28(34)44)26(42)30(31,13-33)27(43)21(29)23(19)40/h5-9,20-21,25,39H,10-12,32,35-36H2,1-4H3,(H2,34,44)/t20?,21?,25-,29-,30+,31-/m1/s1. The van der Waals surface area contributed by atoms with Gasteiger partial charge in [-0.15, -0.1) is 0 Å². The molecule has 0 saturated heterocycles. The van der Waals surface area contributed by atoms with Gasteiger partial charge in [0.1, 0.15) is 11.7 Å². The maximum absolute atomic E-state index is 14.5. The van der Waals surface area contributed by atoms with Gasteiger partial charge >= 0.3 is 0 Å². The molecule has 0 bridgehead atoms. The van der Waals surface area contributed by atoms with Crippen LogP contribution in [-0.4, -0.2) is 84.4 Å². The molecule has 6 atom stereocenters. The monoisotopic (exact) mass is 601 g/mol. The summed E-state index contributed by atoms with van der Waals surface area (Å²) in [5.74, 6) is -10.2. The number of ketones is 4. The number of likely N-dealkylation sites (N-methyl/N-ethyl adjacent to an activating group) is 1. The molecule has 9 N–H and O–H groups in total. The van der Waals surface area contributed by atoms with Gasteiger partial charge in [0.2, 0.25) is 5.91 Å². The SMILES string of the molecule is CN(C)c1ccc(-c2cc(CN)c(O)c3c2C[C@@]2(N)C[C@@]4(N)[C@H](N(C)C)C(=O)C(C(N)=O)C(=O)[C@@]4(C#N)C(=O)C2C3=O)cc1. The summed E-state index contributed by atoms with van der Waals surface area (Å²) in [5.41, 5.74) is 20.9. The molecule has 13 nitrogen and oxygen atoms in total. The van der Waals surface area contributed by atoms with Gasteiger partial charge in [-0.3, -0.25) is 28.9 Å². The van der Waals surface area contributed by atoms with Gasteiger partial charge in [-0.05, 0) is 61.8 Å². The van der Waals surface area contributed by atoms with Crippen LogP contribution in [-0.2, 0) is 32.1 Å². The number of aromatic hydroxyl groups is 1. The molecule has 3 aliphatic carbocycles. The summed E-state index contributed by atoms with van der Waals surface area (Å²) in [7, 11) is 6.68. The number of amides is 1. The first-order valence-corrected chi connectivity index (χ1v) is 14.0. The molecule has 1 amide bonds. The number of primary amides is 1. The summed E-state index contributed by atoms with van der Waals surface area (Å²) in [6.45, 7) is -0.138. The maximum Gasteiger partial charge on any atom is 0.235 e. The van der Waals surface area contributed by atoms with Gasteiger partial charge in [0.05, 0.1) is 23.2 Å². The predicted molar refractivity (Wildman–Crippen MR) is 159 cm³/mol. The molecule has 2 aromatic carbocycles. The van der Waals surface area contributed by atoms with E-state index in [0.717, 1.165) is 5.69 Å². The molecular formula is C31H35N7O6. The van der Waals surface area contributed by atoms with Crippen molar-refractivity contribution in [1.82, 2.24) is 4.90 Å². The molecule has 2 fully saturated rings. The van der Waals surface area contributed by atoms with Crippen molar-refractivity contribution >= 4 is 34.7 Å². The Balaban J connectivity index is 1.78. The number of fused-ring (bicyclic) bond motifs is 3. The zero-order chi connectivity index (χ0) is 32.7. The van der Waals surface area contributed by atoms with E-state index in [-0.39, 0.29) is 24.1 Å². The van der Waals surface area contributed by atoms with Gasteiger partial charge < -0.3 is 32.9 Å². The minimum absolute atomic E-state index is 0.138. The fourth-order valence-electron chi connectivity index (χ4n) is 7.68. The lowest BCUT2D eigenvalue weighted by Gasteiger charge is -2.60. The number of nitrogens with zero attached hydrogens (tertiary/aromatic N) is 3. The molecule has 13 heteroatoms. The van der Waals surface area contributed by atoms with Crippen molar-refractivity contribution in [3.8, 4) is 22.9 Å². The van der Waals surface area contributed by atoms with E-state index in [2.05, 4.69) is 0 Å². The number of phenolic OH excluding ortho intramolecular Hbond substituents is 1. The minimum atomic E-state index is -2.80. The number of anilines is 1. The number of nitriles is 1. The van der Waals surface area contributed by atoms with E-state index < -0.39 is 75.6 Å². The van der Waals surface area contributed by atoms with Crippen LogP contribution in [0.1, 0.15) is 27.9 Å². The molecule has 0 radical (unpaired) electrons. The Labute approximate surface area is 253 Å². The first-order chi connectivity index (χ1) is 20.5. The van der Waals surface area contributed by atoms with Crippen molar-refractivity contribution < 1.29 is 29.1 Å². The first-order valence-electron chi connectivity index (χ1n) is 14.0. The van der Waals surface area contributed by atoms with Gasteiger partial charge in [0.25, 0.3) is 0 Å². The lowest BCUT2D eigenvalue weighted by atomic mass is 9.42. The second-order valence-corrected chi connectivity index (χ2v) is 12.5. The largest absolute Gasteiger partial charge is 0.507 e. The van der Waals surface area contributed by atoms with E-state index in [4.69, 9.17) is 22.9 Å². The molecule has 5 rings (SSSR count). The summed E-state index contributed by atoms with van der Waals surface area (Å²) in [6, 6.07) is 9.31. The Morgan fingerprint density at radius 2 is 1.68 bits per heavy atom. The molecule has 2 unspecified atom stereocenters. The van der Waals surface area contributed by atoms with Crippen LogP contribution in [0.15, 0.2) is 30.3 Å². The third-order valence-electron chi connectivity index (χ3n) is 9.58. The van der Waals surface area contributed by atoms with Crippen molar-refractivity contribution in [3.05, 3.63) is 47.0 Å². The molecule has 0 aliphatic heterocycles. The number of nitrogens with two attached hydrogens (primary N) is 4. The number of phenols is 1. The van der Waals surface area contributed by atoms with Gasteiger partial charge in [-0.1, -0.05) is 12.1 Å². The topological polar surface area (TPSA) is 240 Å². The predicted octanol–water partition coefficient (Wildman–Crippen LogP) is -1.000. The number of carbonyl (C=O) groups is 5. The summed E-state index contributed by atoms with van der Waals surface area (Å²) < 4.78 is 0. The van der Waals surface area contributed by atoms with E-state index in [1.807, 2.05) is 43.3 Å². The van der Waals surface area contributed by atoms with Crippen LogP contribution < -0.4 is 27.8 Å². The van der Waals surface area contributed by atoms with E-state index in [0.29, 0.717) is 16.7 Å². The van der Waals surface area contributed by atoms with Crippen LogP contribution >= 0.6 is 0 Å². The second kappa shape index (κ2) is 10.0. The fraction of sp³-hybridized carbons (Fsp3) is 0.419. The highest BCUT2D eigenvalue weighted by molar-refractivity contribution is 6.33. The van der Waals surface area contributed by atoms with Crippen molar-refractivity contribution in [2.45, 2.75) is 36.5 Å². The minimum Gasteiger partial charge on any atom is -0.507 e. The van der Waals surface area contributed by atoms with Crippen LogP contribution in [0.4, 0.5) is 5.69 Å². The van der Waals surface area contributed by atoms with E-state index >= 15 is 0 Å². The summed E-state index contributed by atoms with van der Waals surface area (Å²) in [5, 5.41) is 21.8. The Kier molecular flexibility index (Phi) is 7.06. The van der Waals surface area contributed by atoms with Gasteiger partial charge in [-0.2, -0.15) is 5.26 Å². The first kappa shape index (κ1) is 31.0. The third-order valence-corrected chi connectivity index (χ3v) is 9.58. The average molecular weight is 602 g/mol. The fourth-order valence-corrected chi connectivity index (χ4v) is 7.68. The highest BCUT2D eigenvalue weighted by Gasteiger charge is 2.78. The second-order valence-electron chi connectivity index (χ2n) is 12.5. The Morgan fingerprint density at radius 1 is 1.07 bits per heavy atom. The van der Waals surface area contributed by atoms with Crippen LogP contribution in [0.5, 0.6) is 5.75 Å². The van der Waals surface area contributed by atoms with Crippen LogP contribution in [0, 0.1) is 28.6 Å². The zero-order valence-corrected chi connectivity index (χ0v) is 24.9. The summed E-state index contributed by atoms with van der Waals surface area (Å²) in [4.78, 5) is 72.0. The van der Waals surface area contributed by atoms with Crippen molar-refractivity contribution in [2.75, 3.05) is 33.1 Å².